The summed E-state index contributed by atoms with van der Waals surface area (Å²) in [5.41, 5.74) is -0.713. The second kappa shape index (κ2) is 6.21. The predicted octanol–water partition coefficient (Wildman–Crippen LogP) is 1.42. The van der Waals surface area contributed by atoms with Crippen LogP contribution in [0.4, 0.5) is 19.0 Å². The van der Waals surface area contributed by atoms with Crippen molar-refractivity contribution in [3.63, 3.8) is 0 Å². The van der Waals surface area contributed by atoms with Crippen molar-refractivity contribution in [1.82, 2.24) is 15.2 Å². The number of hydrogen-bond donors (Lipinski definition) is 2. The predicted molar refractivity (Wildman–Crippen MR) is 67.0 cm³/mol. The van der Waals surface area contributed by atoms with Gasteiger partial charge in [-0.15, -0.1) is 0 Å². The minimum absolute atomic E-state index is 0.0925. The van der Waals surface area contributed by atoms with E-state index in [-0.39, 0.29) is 5.82 Å². The van der Waals surface area contributed by atoms with Gasteiger partial charge in [-0.2, -0.15) is 13.2 Å². The molecule has 0 unspecified atom stereocenters. The molecule has 0 amide bonds. The highest BCUT2D eigenvalue weighted by Gasteiger charge is 2.33. The largest absolute Gasteiger partial charge is 0.419 e. The first-order chi connectivity index (χ1) is 9.07. The fraction of sp³-hybridized carbons (Fsp3) is 0.583. The highest BCUT2D eigenvalue weighted by molar-refractivity contribution is 5.45. The van der Waals surface area contributed by atoms with E-state index in [1.165, 1.54) is 12.3 Å². The van der Waals surface area contributed by atoms with E-state index in [9.17, 15) is 13.2 Å². The summed E-state index contributed by atoms with van der Waals surface area (Å²) in [5.74, 6) is -0.0925. The lowest BCUT2D eigenvalue weighted by Gasteiger charge is -2.27. The summed E-state index contributed by atoms with van der Waals surface area (Å²) >= 11 is 0. The van der Waals surface area contributed by atoms with Crippen LogP contribution < -0.4 is 10.6 Å². The minimum Gasteiger partial charge on any atom is -0.368 e. The van der Waals surface area contributed by atoms with E-state index in [1.54, 1.807) is 0 Å². The topological polar surface area (TPSA) is 40.2 Å². The number of aromatic nitrogens is 1. The molecule has 7 heteroatoms. The molecule has 1 aliphatic heterocycles. The Hall–Kier alpha value is -1.34. The van der Waals surface area contributed by atoms with E-state index in [4.69, 9.17) is 0 Å². The second-order valence-electron chi connectivity index (χ2n) is 4.42. The Balaban J connectivity index is 1.88. The summed E-state index contributed by atoms with van der Waals surface area (Å²) in [5, 5.41) is 6.00. The Morgan fingerprint density at radius 1 is 1.32 bits per heavy atom. The van der Waals surface area contributed by atoms with Gasteiger partial charge in [0.25, 0.3) is 0 Å². The summed E-state index contributed by atoms with van der Waals surface area (Å²) in [6.07, 6.45) is -3.01. The van der Waals surface area contributed by atoms with Gasteiger partial charge in [0.1, 0.15) is 5.82 Å². The van der Waals surface area contributed by atoms with Gasteiger partial charge >= 0.3 is 6.18 Å². The minimum atomic E-state index is -4.37. The van der Waals surface area contributed by atoms with Crippen molar-refractivity contribution >= 4 is 5.82 Å². The summed E-state index contributed by atoms with van der Waals surface area (Å²) in [4.78, 5) is 5.97. The van der Waals surface area contributed by atoms with Gasteiger partial charge in [-0.25, -0.2) is 4.98 Å². The first kappa shape index (κ1) is 14.1. The third-order valence-electron chi connectivity index (χ3n) is 3.04. The number of alkyl halides is 3. The second-order valence-corrected chi connectivity index (χ2v) is 4.42. The monoisotopic (exact) mass is 274 g/mol. The summed E-state index contributed by atoms with van der Waals surface area (Å²) in [7, 11) is 0. The van der Waals surface area contributed by atoms with E-state index < -0.39 is 11.7 Å². The lowest BCUT2D eigenvalue weighted by molar-refractivity contribution is -0.137. The van der Waals surface area contributed by atoms with Crippen molar-refractivity contribution in [1.29, 1.82) is 0 Å². The van der Waals surface area contributed by atoms with Crippen LogP contribution in [0, 0.1) is 0 Å². The van der Waals surface area contributed by atoms with Gasteiger partial charge in [0.15, 0.2) is 0 Å². The van der Waals surface area contributed by atoms with Crippen LogP contribution in [0.3, 0.4) is 0 Å². The molecule has 0 atom stereocenters. The van der Waals surface area contributed by atoms with Crippen molar-refractivity contribution in [2.75, 3.05) is 44.6 Å². The van der Waals surface area contributed by atoms with Crippen LogP contribution in [0.1, 0.15) is 5.56 Å². The van der Waals surface area contributed by atoms with Crippen molar-refractivity contribution in [3.05, 3.63) is 23.9 Å². The standard InChI is InChI=1S/C12H17F3N4/c13-12(14,15)10-2-1-3-17-11(10)18-6-9-19-7-4-16-5-8-19/h1-3,16H,4-9H2,(H,17,18). The average molecular weight is 274 g/mol. The maximum Gasteiger partial charge on any atom is 0.419 e. The molecule has 0 aromatic carbocycles. The van der Waals surface area contributed by atoms with E-state index in [1.807, 2.05) is 0 Å². The van der Waals surface area contributed by atoms with Crippen molar-refractivity contribution < 1.29 is 13.2 Å². The van der Waals surface area contributed by atoms with Gasteiger partial charge in [0.2, 0.25) is 0 Å². The first-order valence-corrected chi connectivity index (χ1v) is 6.26. The van der Waals surface area contributed by atoms with Crippen molar-refractivity contribution in [2.45, 2.75) is 6.18 Å². The summed E-state index contributed by atoms with van der Waals surface area (Å²) in [6, 6.07) is 2.34. The number of nitrogens with one attached hydrogen (secondary N) is 2. The molecule has 0 bridgehead atoms. The number of nitrogens with zero attached hydrogens (tertiary/aromatic N) is 2. The third kappa shape index (κ3) is 4.07. The maximum atomic E-state index is 12.7. The summed E-state index contributed by atoms with van der Waals surface area (Å²) < 4.78 is 38.2. The Morgan fingerprint density at radius 2 is 2.05 bits per heavy atom. The number of hydrogen-bond acceptors (Lipinski definition) is 4. The van der Waals surface area contributed by atoms with Crippen LogP contribution in [0.25, 0.3) is 0 Å². The molecule has 2 N–H and O–H groups in total. The van der Waals surface area contributed by atoms with Crippen LogP contribution in [0.15, 0.2) is 18.3 Å². The molecule has 1 aliphatic rings. The van der Waals surface area contributed by atoms with E-state index in [0.717, 1.165) is 38.8 Å². The van der Waals surface area contributed by atoms with Crippen LogP contribution in [-0.4, -0.2) is 49.2 Å². The van der Waals surface area contributed by atoms with Gasteiger partial charge in [0.05, 0.1) is 5.56 Å². The molecule has 1 aromatic rings. The van der Waals surface area contributed by atoms with Gasteiger partial charge in [-0.1, -0.05) is 0 Å². The lowest BCUT2D eigenvalue weighted by atomic mass is 10.2. The molecule has 2 rings (SSSR count). The molecule has 1 fully saturated rings. The number of piperazine rings is 1. The van der Waals surface area contributed by atoms with Gasteiger partial charge < -0.3 is 10.6 Å². The normalized spacial score (nSPS) is 17.4. The molecule has 0 radical (unpaired) electrons. The number of halogens is 3. The van der Waals surface area contributed by atoms with Crippen molar-refractivity contribution in [2.24, 2.45) is 0 Å². The third-order valence-corrected chi connectivity index (χ3v) is 3.04. The average Bonchev–Trinajstić information content (AvgIpc) is 2.39. The van der Waals surface area contributed by atoms with E-state index in [0.29, 0.717) is 6.54 Å². The van der Waals surface area contributed by atoms with Gasteiger partial charge in [-0.05, 0) is 12.1 Å². The number of rotatable bonds is 4. The van der Waals surface area contributed by atoms with Crippen LogP contribution in [-0.2, 0) is 6.18 Å². The molecule has 0 saturated carbocycles. The molecular formula is C12H17F3N4. The Morgan fingerprint density at radius 3 is 2.74 bits per heavy atom. The zero-order valence-corrected chi connectivity index (χ0v) is 10.5. The molecule has 1 saturated heterocycles. The van der Waals surface area contributed by atoms with Gasteiger partial charge in [-0.3, -0.25) is 4.90 Å². The zero-order chi connectivity index (χ0) is 13.7. The number of anilines is 1. The van der Waals surface area contributed by atoms with E-state index >= 15 is 0 Å². The van der Waals surface area contributed by atoms with Crippen LogP contribution in [0.2, 0.25) is 0 Å². The fourth-order valence-corrected chi connectivity index (χ4v) is 2.04. The quantitative estimate of drug-likeness (QED) is 0.871. The Kier molecular flexibility index (Phi) is 4.60. The first-order valence-electron chi connectivity index (χ1n) is 6.26. The Bertz CT molecular complexity index is 402. The molecule has 2 heterocycles. The maximum absolute atomic E-state index is 12.7. The molecule has 4 nitrogen and oxygen atoms in total. The summed E-state index contributed by atoms with van der Waals surface area (Å²) in [6.45, 7) is 4.89. The lowest BCUT2D eigenvalue weighted by Crippen LogP contribution is -2.45. The van der Waals surface area contributed by atoms with Crippen LogP contribution in [0.5, 0.6) is 0 Å². The fourth-order valence-electron chi connectivity index (χ4n) is 2.04. The van der Waals surface area contributed by atoms with Crippen LogP contribution >= 0.6 is 0 Å². The molecule has 1 aromatic heterocycles. The van der Waals surface area contributed by atoms with Gasteiger partial charge in [0, 0.05) is 45.5 Å². The molecule has 19 heavy (non-hydrogen) atoms. The van der Waals surface area contributed by atoms with Crippen molar-refractivity contribution in [3.8, 4) is 0 Å². The highest BCUT2D eigenvalue weighted by atomic mass is 19.4. The molecular weight excluding hydrogens is 257 g/mol. The highest BCUT2D eigenvalue weighted by Crippen LogP contribution is 2.33. The SMILES string of the molecule is FC(F)(F)c1cccnc1NCCN1CCNCC1. The smallest absolute Gasteiger partial charge is 0.368 e. The molecule has 0 spiro atoms. The zero-order valence-electron chi connectivity index (χ0n) is 10.5. The number of pyridine rings is 1. The van der Waals surface area contributed by atoms with E-state index in [2.05, 4.69) is 20.5 Å². The molecule has 0 aliphatic carbocycles. The Labute approximate surface area is 110 Å². The molecule has 106 valence electrons.